The van der Waals surface area contributed by atoms with Crippen molar-refractivity contribution in [2.45, 2.75) is 32.8 Å². The summed E-state index contributed by atoms with van der Waals surface area (Å²) in [7, 11) is 0. The Labute approximate surface area is 129 Å². The van der Waals surface area contributed by atoms with Crippen molar-refractivity contribution < 1.29 is 9.90 Å². The third kappa shape index (κ3) is 2.97. The highest BCUT2D eigenvalue weighted by atomic mass is 32.1. The summed E-state index contributed by atoms with van der Waals surface area (Å²) in [5, 5.41) is 13.0. The molecule has 21 heavy (non-hydrogen) atoms. The quantitative estimate of drug-likeness (QED) is 0.875. The minimum Gasteiger partial charge on any atom is -0.393 e. The lowest BCUT2D eigenvalue weighted by atomic mass is 9.87. The van der Waals surface area contributed by atoms with E-state index in [0.29, 0.717) is 19.5 Å². The molecule has 1 atom stereocenters. The lowest BCUT2D eigenvalue weighted by Gasteiger charge is -2.29. The molecule has 0 spiro atoms. The van der Waals surface area contributed by atoms with Gasteiger partial charge in [-0.1, -0.05) is 32.0 Å². The summed E-state index contributed by atoms with van der Waals surface area (Å²) < 4.78 is 1.15. The van der Waals surface area contributed by atoms with Crippen LogP contribution in [0.4, 0.5) is 0 Å². The zero-order valence-corrected chi connectivity index (χ0v) is 13.3. The molecule has 2 aromatic rings. The van der Waals surface area contributed by atoms with Crippen molar-refractivity contribution in [2.75, 3.05) is 13.1 Å². The minimum absolute atomic E-state index is 0.0442. The number of nitrogens with zero attached hydrogens (tertiary/aromatic N) is 1. The van der Waals surface area contributed by atoms with Gasteiger partial charge >= 0.3 is 0 Å². The summed E-state index contributed by atoms with van der Waals surface area (Å²) in [4.78, 5) is 14.8. The first-order valence-corrected chi connectivity index (χ1v) is 8.28. The van der Waals surface area contributed by atoms with Gasteiger partial charge < -0.3 is 10.0 Å². The third-order valence-electron chi connectivity index (χ3n) is 4.14. The predicted molar refractivity (Wildman–Crippen MR) is 86.8 cm³/mol. The Morgan fingerprint density at radius 3 is 2.95 bits per heavy atom. The number of rotatable bonds is 1. The Morgan fingerprint density at radius 1 is 1.38 bits per heavy atom. The van der Waals surface area contributed by atoms with Gasteiger partial charge in [0.05, 0.1) is 11.7 Å². The Bertz CT molecular complexity index is 662. The highest BCUT2D eigenvalue weighted by Gasteiger charge is 2.32. The second-order valence-electron chi connectivity index (χ2n) is 6.68. The van der Waals surface area contributed by atoms with E-state index >= 15 is 0 Å². The number of hydrogen-bond donors (Lipinski definition) is 1. The highest BCUT2D eigenvalue weighted by Crippen LogP contribution is 2.31. The fourth-order valence-corrected chi connectivity index (χ4v) is 4.13. The van der Waals surface area contributed by atoms with Gasteiger partial charge in [0.25, 0.3) is 5.91 Å². The standard InChI is InChI=1S/C17H21NO2S/c1-17(2)9-12(19)7-8-18(11-17)16(20)14-10-21-15-6-4-3-5-13(14)15/h3-6,10,12,19H,7-9,11H2,1-2H3. The van der Waals surface area contributed by atoms with E-state index in [4.69, 9.17) is 0 Å². The first-order chi connectivity index (χ1) is 9.96. The Balaban J connectivity index is 1.90. The molecule has 4 heteroatoms. The van der Waals surface area contributed by atoms with Crippen LogP contribution in [0.2, 0.25) is 0 Å². The molecular formula is C17H21NO2S. The van der Waals surface area contributed by atoms with E-state index < -0.39 is 0 Å². The molecule has 112 valence electrons. The van der Waals surface area contributed by atoms with Gasteiger partial charge in [-0.05, 0) is 24.3 Å². The molecular weight excluding hydrogens is 282 g/mol. The molecule has 1 unspecified atom stereocenters. The van der Waals surface area contributed by atoms with Crippen LogP contribution in [0, 0.1) is 5.41 Å². The number of fused-ring (bicyclic) bond motifs is 1. The molecule has 0 bridgehead atoms. The van der Waals surface area contributed by atoms with Gasteiger partial charge in [-0.25, -0.2) is 0 Å². The maximum atomic E-state index is 12.9. The minimum atomic E-state index is -0.308. The van der Waals surface area contributed by atoms with Crippen molar-refractivity contribution in [3.63, 3.8) is 0 Å². The van der Waals surface area contributed by atoms with Crippen molar-refractivity contribution >= 4 is 27.3 Å². The zero-order chi connectivity index (χ0) is 15.0. The average molecular weight is 303 g/mol. The molecule has 1 aromatic heterocycles. The highest BCUT2D eigenvalue weighted by molar-refractivity contribution is 7.17. The summed E-state index contributed by atoms with van der Waals surface area (Å²) >= 11 is 1.62. The maximum Gasteiger partial charge on any atom is 0.255 e. The van der Waals surface area contributed by atoms with E-state index in [1.807, 2.05) is 34.5 Å². The van der Waals surface area contributed by atoms with Crippen LogP contribution in [0.3, 0.4) is 0 Å². The molecule has 1 aliphatic rings. The SMILES string of the molecule is CC1(C)CC(O)CCN(C(=O)c2csc3ccccc23)C1. The van der Waals surface area contributed by atoms with E-state index in [1.54, 1.807) is 11.3 Å². The number of aliphatic hydroxyl groups is 1. The van der Waals surface area contributed by atoms with E-state index in [-0.39, 0.29) is 17.4 Å². The molecule has 1 aliphatic heterocycles. The van der Waals surface area contributed by atoms with Crippen LogP contribution in [-0.4, -0.2) is 35.1 Å². The van der Waals surface area contributed by atoms with Crippen LogP contribution in [0.25, 0.3) is 10.1 Å². The number of carbonyl (C=O) groups is 1. The maximum absolute atomic E-state index is 12.9. The smallest absolute Gasteiger partial charge is 0.255 e. The Hall–Kier alpha value is -1.39. The van der Waals surface area contributed by atoms with Gasteiger partial charge in [-0.3, -0.25) is 4.79 Å². The summed E-state index contributed by atoms with van der Waals surface area (Å²) in [6.45, 7) is 5.57. The van der Waals surface area contributed by atoms with Crippen LogP contribution in [0.1, 0.15) is 37.0 Å². The number of benzene rings is 1. The van der Waals surface area contributed by atoms with Gasteiger partial charge in [0.2, 0.25) is 0 Å². The summed E-state index contributed by atoms with van der Waals surface area (Å²) in [6.07, 6.45) is 1.11. The number of carbonyl (C=O) groups excluding carboxylic acids is 1. The number of thiophene rings is 1. The molecule has 0 saturated carbocycles. The largest absolute Gasteiger partial charge is 0.393 e. The van der Waals surface area contributed by atoms with Crippen molar-refractivity contribution in [3.05, 3.63) is 35.2 Å². The second-order valence-corrected chi connectivity index (χ2v) is 7.59. The van der Waals surface area contributed by atoms with Gasteiger partial charge in [-0.15, -0.1) is 11.3 Å². The molecule has 0 radical (unpaired) electrons. The molecule has 2 heterocycles. The average Bonchev–Trinajstić information content (AvgIpc) is 2.79. The molecule has 1 N–H and O–H groups in total. The van der Waals surface area contributed by atoms with Gasteiger partial charge in [-0.2, -0.15) is 0 Å². The molecule has 0 aliphatic carbocycles. The van der Waals surface area contributed by atoms with Crippen LogP contribution in [-0.2, 0) is 0 Å². The van der Waals surface area contributed by atoms with Crippen molar-refractivity contribution in [2.24, 2.45) is 5.41 Å². The fourth-order valence-electron chi connectivity index (χ4n) is 3.19. The number of likely N-dealkylation sites (tertiary alicyclic amines) is 1. The van der Waals surface area contributed by atoms with Crippen LogP contribution in [0.15, 0.2) is 29.6 Å². The molecule has 1 saturated heterocycles. The summed E-state index contributed by atoms with van der Waals surface area (Å²) in [6, 6.07) is 8.03. The lowest BCUT2D eigenvalue weighted by molar-refractivity contribution is 0.0707. The summed E-state index contributed by atoms with van der Waals surface area (Å²) in [5.74, 6) is 0.0922. The number of amides is 1. The normalized spacial score (nSPS) is 22.2. The van der Waals surface area contributed by atoms with Gasteiger partial charge in [0.15, 0.2) is 0 Å². The van der Waals surface area contributed by atoms with E-state index in [1.165, 1.54) is 0 Å². The monoisotopic (exact) mass is 303 g/mol. The summed E-state index contributed by atoms with van der Waals surface area (Å²) in [5.41, 5.74) is 0.750. The topological polar surface area (TPSA) is 40.5 Å². The first kappa shape index (κ1) is 14.5. The predicted octanol–water partition coefficient (Wildman–Crippen LogP) is 3.52. The third-order valence-corrected chi connectivity index (χ3v) is 5.10. The Morgan fingerprint density at radius 2 is 2.14 bits per heavy atom. The molecule has 3 nitrogen and oxygen atoms in total. The van der Waals surface area contributed by atoms with Gasteiger partial charge in [0.1, 0.15) is 0 Å². The van der Waals surface area contributed by atoms with E-state index in [2.05, 4.69) is 13.8 Å². The van der Waals surface area contributed by atoms with E-state index in [9.17, 15) is 9.90 Å². The van der Waals surface area contributed by atoms with Crippen molar-refractivity contribution in [1.29, 1.82) is 0 Å². The van der Waals surface area contributed by atoms with Crippen molar-refractivity contribution in [1.82, 2.24) is 4.90 Å². The lowest BCUT2D eigenvalue weighted by Crippen LogP contribution is -2.37. The molecule has 1 amide bonds. The van der Waals surface area contributed by atoms with E-state index in [0.717, 1.165) is 22.1 Å². The number of hydrogen-bond acceptors (Lipinski definition) is 3. The fraction of sp³-hybridized carbons (Fsp3) is 0.471. The molecule has 1 fully saturated rings. The molecule has 3 rings (SSSR count). The van der Waals surface area contributed by atoms with Gasteiger partial charge in [0, 0.05) is 28.6 Å². The van der Waals surface area contributed by atoms with Crippen LogP contribution >= 0.6 is 11.3 Å². The first-order valence-electron chi connectivity index (χ1n) is 7.40. The zero-order valence-electron chi connectivity index (χ0n) is 12.5. The second kappa shape index (κ2) is 5.43. The van der Waals surface area contributed by atoms with Crippen molar-refractivity contribution in [3.8, 4) is 0 Å². The van der Waals surface area contributed by atoms with Crippen LogP contribution in [0.5, 0.6) is 0 Å². The van der Waals surface area contributed by atoms with Crippen LogP contribution < -0.4 is 0 Å². The molecule has 1 aromatic carbocycles. The number of aliphatic hydroxyl groups excluding tert-OH is 1. The Kier molecular flexibility index (Phi) is 3.76.